The van der Waals surface area contributed by atoms with E-state index in [1.54, 1.807) is 11.3 Å². The fraction of sp³-hybridized carbons (Fsp3) is 0.182. The van der Waals surface area contributed by atoms with Crippen LogP contribution in [0, 0.1) is 6.92 Å². The Balaban J connectivity index is 1.76. The lowest BCUT2D eigenvalue weighted by molar-refractivity contribution is 1.000. The van der Waals surface area contributed by atoms with Crippen LogP contribution in [-0.2, 0) is 12.8 Å². The van der Waals surface area contributed by atoms with Crippen LogP contribution >= 0.6 is 11.3 Å². The highest BCUT2D eigenvalue weighted by Crippen LogP contribution is 2.31. The van der Waals surface area contributed by atoms with Gasteiger partial charge in [-0.15, -0.1) is 11.3 Å². The van der Waals surface area contributed by atoms with Crippen LogP contribution in [-0.4, -0.2) is 9.97 Å². The predicted octanol–water partition coefficient (Wildman–Crippen LogP) is 5.90. The van der Waals surface area contributed by atoms with E-state index in [-0.39, 0.29) is 0 Å². The lowest BCUT2D eigenvalue weighted by Crippen LogP contribution is -2.01. The quantitative estimate of drug-likeness (QED) is 0.482. The molecule has 4 heteroatoms. The summed E-state index contributed by atoms with van der Waals surface area (Å²) in [5.41, 5.74) is 3.50. The summed E-state index contributed by atoms with van der Waals surface area (Å²) < 4.78 is 0. The number of aromatic nitrogens is 2. The SMILES string of the molecule is CCc1cc2c(Nc3cccc(C)c3)nc(Cc3ccccc3)nc2s1. The van der Waals surface area contributed by atoms with Crippen LogP contribution in [0.3, 0.4) is 0 Å². The first-order valence-corrected chi connectivity index (χ1v) is 9.70. The van der Waals surface area contributed by atoms with Crippen molar-refractivity contribution in [2.24, 2.45) is 0 Å². The largest absolute Gasteiger partial charge is 0.340 e. The van der Waals surface area contributed by atoms with E-state index < -0.39 is 0 Å². The second-order valence-corrected chi connectivity index (χ2v) is 7.55. The van der Waals surface area contributed by atoms with Crippen molar-refractivity contribution >= 4 is 33.1 Å². The highest BCUT2D eigenvalue weighted by Gasteiger charge is 2.12. The average Bonchev–Trinajstić information content (AvgIpc) is 3.06. The normalized spacial score (nSPS) is 11.0. The molecule has 0 fully saturated rings. The molecule has 0 radical (unpaired) electrons. The van der Waals surface area contributed by atoms with Crippen molar-refractivity contribution in [2.75, 3.05) is 5.32 Å². The van der Waals surface area contributed by atoms with E-state index in [4.69, 9.17) is 9.97 Å². The Morgan fingerprint density at radius 2 is 1.81 bits per heavy atom. The molecule has 0 aliphatic rings. The molecule has 0 atom stereocenters. The van der Waals surface area contributed by atoms with Crippen molar-refractivity contribution in [3.05, 3.63) is 82.5 Å². The summed E-state index contributed by atoms with van der Waals surface area (Å²) in [5.74, 6) is 1.74. The monoisotopic (exact) mass is 359 g/mol. The molecule has 0 saturated carbocycles. The Morgan fingerprint density at radius 3 is 2.58 bits per heavy atom. The van der Waals surface area contributed by atoms with Crippen LogP contribution in [0.2, 0.25) is 0 Å². The molecular weight excluding hydrogens is 338 g/mol. The van der Waals surface area contributed by atoms with E-state index >= 15 is 0 Å². The molecule has 0 unspecified atom stereocenters. The van der Waals surface area contributed by atoms with Crippen molar-refractivity contribution in [3.8, 4) is 0 Å². The number of fused-ring (bicyclic) bond motifs is 1. The predicted molar refractivity (Wildman–Crippen MR) is 111 cm³/mol. The van der Waals surface area contributed by atoms with Crippen LogP contribution < -0.4 is 5.32 Å². The molecule has 0 saturated heterocycles. The summed E-state index contributed by atoms with van der Waals surface area (Å²) in [7, 11) is 0. The standard InChI is InChI=1S/C22H21N3S/c1-3-18-14-19-21(23-17-11-7-8-15(2)12-17)24-20(25-22(19)26-18)13-16-9-5-4-6-10-16/h4-12,14H,3,13H2,1-2H3,(H,23,24,25). The zero-order chi connectivity index (χ0) is 17.9. The number of benzene rings is 2. The highest BCUT2D eigenvalue weighted by molar-refractivity contribution is 7.18. The van der Waals surface area contributed by atoms with Crippen LogP contribution in [0.1, 0.15) is 28.8 Å². The summed E-state index contributed by atoms with van der Waals surface area (Å²) in [4.78, 5) is 12.1. The molecule has 4 aromatic rings. The van der Waals surface area contributed by atoms with Gasteiger partial charge in [-0.2, -0.15) is 0 Å². The molecule has 0 bridgehead atoms. The smallest absolute Gasteiger partial charge is 0.142 e. The van der Waals surface area contributed by atoms with Gasteiger partial charge < -0.3 is 5.32 Å². The van der Waals surface area contributed by atoms with Gasteiger partial charge in [0.25, 0.3) is 0 Å². The molecule has 130 valence electrons. The molecular formula is C22H21N3S. The minimum Gasteiger partial charge on any atom is -0.340 e. The third-order valence-corrected chi connectivity index (χ3v) is 5.50. The van der Waals surface area contributed by atoms with Gasteiger partial charge in [-0.3, -0.25) is 0 Å². The first-order chi connectivity index (χ1) is 12.7. The molecule has 1 N–H and O–H groups in total. The Bertz CT molecular complexity index is 1040. The topological polar surface area (TPSA) is 37.8 Å². The first kappa shape index (κ1) is 16.7. The zero-order valence-corrected chi connectivity index (χ0v) is 15.8. The Hall–Kier alpha value is -2.72. The maximum Gasteiger partial charge on any atom is 0.142 e. The van der Waals surface area contributed by atoms with Gasteiger partial charge in [-0.05, 0) is 42.7 Å². The highest BCUT2D eigenvalue weighted by atomic mass is 32.1. The number of anilines is 2. The minimum atomic E-state index is 0.735. The molecule has 2 aromatic heterocycles. The maximum absolute atomic E-state index is 4.85. The first-order valence-electron chi connectivity index (χ1n) is 8.88. The third kappa shape index (κ3) is 3.60. The second kappa shape index (κ2) is 7.26. The summed E-state index contributed by atoms with van der Waals surface area (Å²) in [6.07, 6.45) is 1.75. The number of rotatable bonds is 5. The Kier molecular flexibility index (Phi) is 4.67. The zero-order valence-electron chi connectivity index (χ0n) is 15.0. The fourth-order valence-corrected chi connectivity index (χ4v) is 3.99. The lowest BCUT2D eigenvalue weighted by atomic mass is 10.1. The maximum atomic E-state index is 4.85. The molecule has 4 rings (SSSR count). The molecule has 0 spiro atoms. The van der Waals surface area contributed by atoms with Gasteiger partial charge in [0, 0.05) is 17.0 Å². The molecule has 3 nitrogen and oxygen atoms in total. The van der Waals surface area contributed by atoms with E-state index in [9.17, 15) is 0 Å². The van der Waals surface area contributed by atoms with Gasteiger partial charge >= 0.3 is 0 Å². The van der Waals surface area contributed by atoms with Crippen LogP contribution in [0.4, 0.5) is 11.5 Å². The van der Waals surface area contributed by atoms with E-state index in [1.807, 2.05) is 6.07 Å². The summed E-state index contributed by atoms with van der Waals surface area (Å²) >= 11 is 1.76. The lowest BCUT2D eigenvalue weighted by Gasteiger charge is -2.09. The number of hydrogen-bond acceptors (Lipinski definition) is 4. The average molecular weight is 359 g/mol. The number of hydrogen-bond donors (Lipinski definition) is 1. The van der Waals surface area contributed by atoms with Crippen molar-refractivity contribution in [1.82, 2.24) is 9.97 Å². The molecule has 0 aliphatic heterocycles. The Morgan fingerprint density at radius 1 is 0.962 bits per heavy atom. The number of nitrogens with one attached hydrogen (secondary N) is 1. The summed E-state index contributed by atoms with van der Waals surface area (Å²) in [5, 5.41) is 4.61. The van der Waals surface area contributed by atoms with Gasteiger partial charge in [0.2, 0.25) is 0 Å². The number of aryl methyl sites for hydroxylation is 2. The van der Waals surface area contributed by atoms with Crippen LogP contribution in [0.25, 0.3) is 10.2 Å². The fourth-order valence-electron chi connectivity index (χ4n) is 3.00. The molecule has 0 aliphatic carbocycles. The number of thiophene rings is 1. The molecule has 0 amide bonds. The van der Waals surface area contributed by atoms with Gasteiger partial charge in [-0.1, -0.05) is 49.4 Å². The minimum absolute atomic E-state index is 0.735. The van der Waals surface area contributed by atoms with Gasteiger partial charge in [0.1, 0.15) is 16.5 Å². The molecule has 2 heterocycles. The Labute approximate surface area is 157 Å². The van der Waals surface area contributed by atoms with E-state index in [0.29, 0.717) is 0 Å². The van der Waals surface area contributed by atoms with E-state index in [1.165, 1.54) is 16.0 Å². The molecule has 2 aromatic carbocycles. The second-order valence-electron chi connectivity index (χ2n) is 6.43. The van der Waals surface area contributed by atoms with Crippen molar-refractivity contribution in [3.63, 3.8) is 0 Å². The van der Waals surface area contributed by atoms with Gasteiger partial charge in [0.15, 0.2) is 0 Å². The van der Waals surface area contributed by atoms with Crippen LogP contribution in [0.5, 0.6) is 0 Å². The molecule has 26 heavy (non-hydrogen) atoms. The van der Waals surface area contributed by atoms with Gasteiger partial charge in [-0.25, -0.2) is 9.97 Å². The van der Waals surface area contributed by atoms with E-state index in [2.05, 4.69) is 73.8 Å². The van der Waals surface area contributed by atoms with Crippen molar-refractivity contribution in [1.29, 1.82) is 0 Å². The van der Waals surface area contributed by atoms with Crippen molar-refractivity contribution < 1.29 is 0 Å². The van der Waals surface area contributed by atoms with Crippen molar-refractivity contribution in [2.45, 2.75) is 26.7 Å². The van der Waals surface area contributed by atoms with Crippen LogP contribution in [0.15, 0.2) is 60.7 Å². The van der Waals surface area contributed by atoms with Gasteiger partial charge in [0.05, 0.1) is 5.39 Å². The summed E-state index contributed by atoms with van der Waals surface area (Å²) in [6.45, 7) is 4.28. The summed E-state index contributed by atoms with van der Waals surface area (Å²) in [6, 6.07) is 21.0. The van der Waals surface area contributed by atoms with E-state index in [0.717, 1.165) is 40.4 Å². The number of nitrogens with zero attached hydrogens (tertiary/aromatic N) is 2. The third-order valence-electron chi connectivity index (χ3n) is 4.32.